The predicted octanol–water partition coefficient (Wildman–Crippen LogP) is 7.44. The molecule has 10 nitrogen and oxygen atoms in total. The van der Waals surface area contributed by atoms with Crippen LogP contribution in [0, 0.1) is 5.92 Å². The van der Waals surface area contributed by atoms with E-state index in [1.165, 1.54) is 47.0 Å². The van der Waals surface area contributed by atoms with Crippen molar-refractivity contribution in [3.05, 3.63) is 84.2 Å². The molecule has 1 saturated heterocycles. The summed E-state index contributed by atoms with van der Waals surface area (Å²) in [5, 5.41) is 7.99. The van der Waals surface area contributed by atoms with Gasteiger partial charge in [-0.1, -0.05) is 62.9 Å². The van der Waals surface area contributed by atoms with Crippen molar-refractivity contribution in [2.45, 2.75) is 39.5 Å². The molecule has 5 rings (SSSR count). The summed E-state index contributed by atoms with van der Waals surface area (Å²) in [6.45, 7) is 7.56. The van der Waals surface area contributed by atoms with Gasteiger partial charge in [-0.2, -0.15) is 4.99 Å². The summed E-state index contributed by atoms with van der Waals surface area (Å²) in [5.74, 6) is 1.94. The molecule has 0 spiro atoms. The van der Waals surface area contributed by atoms with E-state index < -0.39 is 12.4 Å². The van der Waals surface area contributed by atoms with Crippen LogP contribution in [0.2, 0.25) is 0 Å². The van der Waals surface area contributed by atoms with Crippen LogP contribution in [0.5, 0.6) is 11.5 Å². The molecular weight excluding hydrogens is 645 g/mol. The van der Waals surface area contributed by atoms with Crippen LogP contribution in [-0.4, -0.2) is 65.1 Å². The van der Waals surface area contributed by atoms with Crippen LogP contribution in [0.25, 0.3) is 17.1 Å². The zero-order valence-electron chi connectivity index (χ0n) is 27.0. The van der Waals surface area contributed by atoms with Crippen molar-refractivity contribution >= 4 is 28.6 Å². The highest BCUT2D eigenvalue weighted by Gasteiger charge is 2.31. The number of amides is 2. The number of aliphatic imine (C=N–C) groups is 1. The van der Waals surface area contributed by atoms with Gasteiger partial charge in [0.25, 0.3) is 0 Å². The molecule has 0 radical (unpaired) electrons. The number of anilines is 1. The van der Waals surface area contributed by atoms with E-state index >= 15 is 0 Å². The fourth-order valence-electron chi connectivity index (χ4n) is 5.09. The van der Waals surface area contributed by atoms with Gasteiger partial charge >= 0.3 is 12.4 Å². The molecule has 1 aliphatic heterocycles. The zero-order chi connectivity index (χ0) is 34.3. The lowest BCUT2D eigenvalue weighted by Crippen LogP contribution is -2.33. The Morgan fingerprint density at radius 1 is 1.06 bits per heavy atom. The number of urea groups is 1. The molecule has 48 heavy (non-hydrogen) atoms. The van der Waals surface area contributed by atoms with Gasteiger partial charge in [-0.3, -0.25) is 4.90 Å². The maximum Gasteiger partial charge on any atom is 0.573 e. The summed E-state index contributed by atoms with van der Waals surface area (Å²) >= 11 is 1.48. The average molecular weight is 683 g/mol. The first kappa shape index (κ1) is 34.8. The maximum absolute atomic E-state index is 13.0. The van der Waals surface area contributed by atoms with Crippen molar-refractivity contribution in [1.29, 1.82) is 0 Å². The van der Waals surface area contributed by atoms with Gasteiger partial charge in [-0.15, -0.1) is 18.3 Å². The molecule has 1 N–H and O–H groups in total. The van der Waals surface area contributed by atoms with E-state index in [4.69, 9.17) is 9.47 Å². The summed E-state index contributed by atoms with van der Waals surface area (Å²) in [4.78, 5) is 23.7. The fraction of sp³-hybridized carbons (Fsp3) is 0.353. The molecular formula is C34H37F3N6O4S. The molecule has 1 aliphatic rings. The predicted molar refractivity (Wildman–Crippen MR) is 180 cm³/mol. The Bertz CT molecular complexity index is 1710. The molecule has 1 aromatic heterocycles. The summed E-state index contributed by atoms with van der Waals surface area (Å²) in [7, 11) is 1.63. The highest BCUT2D eigenvalue weighted by molar-refractivity contribution is 8.14. The van der Waals surface area contributed by atoms with Crippen molar-refractivity contribution in [1.82, 2.24) is 20.1 Å². The van der Waals surface area contributed by atoms with Gasteiger partial charge in [0.05, 0.1) is 25.1 Å². The maximum atomic E-state index is 13.0. The Labute approximate surface area is 281 Å². The number of benzene rings is 3. The van der Waals surface area contributed by atoms with Gasteiger partial charge in [0.2, 0.25) is 0 Å². The average Bonchev–Trinajstić information content (AvgIpc) is 3.44. The van der Waals surface area contributed by atoms with Crippen LogP contribution in [-0.2, 0) is 11.2 Å². The van der Waals surface area contributed by atoms with Crippen molar-refractivity contribution in [3.8, 4) is 28.6 Å². The third kappa shape index (κ3) is 9.28. The van der Waals surface area contributed by atoms with E-state index in [-0.39, 0.29) is 24.3 Å². The largest absolute Gasteiger partial charge is 0.573 e. The van der Waals surface area contributed by atoms with Gasteiger partial charge in [0.1, 0.15) is 24.6 Å². The second-order valence-electron chi connectivity index (χ2n) is 11.5. The fourth-order valence-corrected chi connectivity index (χ4v) is 5.93. The van der Waals surface area contributed by atoms with E-state index in [0.29, 0.717) is 41.3 Å². The van der Waals surface area contributed by atoms with Gasteiger partial charge in [0, 0.05) is 23.9 Å². The SMILES string of the molecule is COc1ccc(C(C)C)c(N2COCCSC2=NC(=O)NCC(C)Cc2ccc(-c3ncn(-c4ccc(OC(F)(F)F)cc4)n3)cc2)c1. The molecule has 1 unspecified atom stereocenters. The molecule has 1 fully saturated rings. The Balaban J connectivity index is 1.18. The molecule has 254 valence electrons. The van der Waals surface area contributed by atoms with Gasteiger partial charge in [-0.25, -0.2) is 14.5 Å². The lowest BCUT2D eigenvalue weighted by molar-refractivity contribution is -0.274. The Hall–Kier alpha value is -4.56. The third-order valence-electron chi connectivity index (χ3n) is 7.48. The minimum absolute atomic E-state index is 0.133. The molecule has 2 heterocycles. The minimum Gasteiger partial charge on any atom is -0.497 e. The molecule has 2 amide bonds. The van der Waals surface area contributed by atoms with Crippen molar-refractivity contribution in [3.63, 3.8) is 0 Å². The summed E-state index contributed by atoms with van der Waals surface area (Å²) < 4.78 is 54.0. The first-order chi connectivity index (χ1) is 23.0. The summed E-state index contributed by atoms with van der Waals surface area (Å²) in [5.41, 5.74) is 4.41. The van der Waals surface area contributed by atoms with Crippen LogP contribution >= 0.6 is 11.8 Å². The number of rotatable bonds is 10. The number of hydrogen-bond acceptors (Lipinski definition) is 7. The van der Waals surface area contributed by atoms with E-state index in [1.807, 2.05) is 47.4 Å². The zero-order valence-corrected chi connectivity index (χ0v) is 27.8. The van der Waals surface area contributed by atoms with Gasteiger partial charge < -0.3 is 19.5 Å². The van der Waals surface area contributed by atoms with Crippen LogP contribution < -0.4 is 19.7 Å². The summed E-state index contributed by atoms with van der Waals surface area (Å²) in [6.07, 6.45) is -2.53. The van der Waals surface area contributed by atoms with Crippen molar-refractivity contribution < 1.29 is 32.2 Å². The highest BCUT2D eigenvalue weighted by Crippen LogP contribution is 2.34. The molecule has 0 aliphatic carbocycles. The van der Waals surface area contributed by atoms with Gasteiger partial charge in [-0.05, 0) is 59.7 Å². The van der Waals surface area contributed by atoms with E-state index in [0.717, 1.165) is 28.8 Å². The number of aromatic nitrogens is 3. The van der Waals surface area contributed by atoms with E-state index in [2.05, 4.69) is 45.9 Å². The Kier molecular flexibility index (Phi) is 11.3. The highest BCUT2D eigenvalue weighted by atomic mass is 32.2. The molecule has 4 aromatic rings. The number of carbonyl (C=O) groups excluding carboxylic acids is 1. The smallest absolute Gasteiger partial charge is 0.497 e. The molecule has 1 atom stereocenters. The second-order valence-corrected chi connectivity index (χ2v) is 12.6. The second kappa shape index (κ2) is 15.6. The third-order valence-corrected chi connectivity index (χ3v) is 8.42. The molecule has 0 bridgehead atoms. The number of nitrogens with one attached hydrogen (secondary N) is 1. The van der Waals surface area contributed by atoms with Crippen LogP contribution in [0.15, 0.2) is 78.0 Å². The van der Waals surface area contributed by atoms with Gasteiger partial charge in [0.15, 0.2) is 11.0 Å². The number of hydrogen-bond donors (Lipinski definition) is 1. The number of alkyl halides is 3. The first-order valence-electron chi connectivity index (χ1n) is 15.4. The van der Waals surface area contributed by atoms with Crippen molar-refractivity contribution in [2.24, 2.45) is 10.9 Å². The quantitative estimate of drug-likeness (QED) is 0.184. The van der Waals surface area contributed by atoms with Crippen LogP contribution in [0.3, 0.4) is 0 Å². The number of nitrogens with zero attached hydrogens (tertiary/aromatic N) is 5. The van der Waals surface area contributed by atoms with E-state index in [9.17, 15) is 18.0 Å². The number of ether oxygens (including phenoxy) is 3. The Morgan fingerprint density at radius 2 is 1.79 bits per heavy atom. The number of amidine groups is 1. The standard InChI is InChI=1S/C34H37F3N6O4S/c1-22(2)29-14-13-28(45-4)18-30(29)42-21-46-15-16-48-33(42)40-32(44)38-19-23(3)17-24-5-7-25(8-6-24)31-39-20-43(41-31)26-9-11-27(12-10-26)47-34(35,36)37/h5-14,18,20,22-23H,15-17,19,21H2,1-4H3,(H,38,44). The molecule has 14 heteroatoms. The van der Waals surface area contributed by atoms with Crippen LogP contribution in [0.4, 0.5) is 23.7 Å². The van der Waals surface area contributed by atoms with Crippen molar-refractivity contribution in [2.75, 3.05) is 37.6 Å². The number of carbonyl (C=O) groups is 1. The van der Waals surface area contributed by atoms with E-state index in [1.54, 1.807) is 7.11 Å². The minimum atomic E-state index is -4.75. The normalized spacial score (nSPS) is 15.3. The number of halogens is 3. The number of thioether (sulfide) groups is 1. The Morgan fingerprint density at radius 3 is 2.48 bits per heavy atom. The lowest BCUT2D eigenvalue weighted by atomic mass is 10.00. The number of methoxy groups -OCH3 is 1. The molecule has 3 aromatic carbocycles. The topological polar surface area (TPSA) is 103 Å². The lowest BCUT2D eigenvalue weighted by Gasteiger charge is -2.27. The first-order valence-corrected chi connectivity index (χ1v) is 16.4. The van der Waals surface area contributed by atoms with Crippen LogP contribution in [0.1, 0.15) is 37.8 Å². The molecule has 0 saturated carbocycles. The summed E-state index contributed by atoms with van der Waals surface area (Å²) in [6, 6.07) is 18.7. The monoisotopic (exact) mass is 682 g/mol.